The predicted octanol–water partition coefficient (Wildman–Crippen LogP) is 5.13. The van der Waals surface area contributed by atoms with E-state index in [2.05, 4.69) is 22.9 Å². The van der Waals surface area contributed by atoms with E-state index in [1.165, 1.54) is 6.07 Å². The zero-order valence-corrected chi connectivity index (χ0v) is 12.5. The first kappa shape index (κ1) is 14.6. The van der Waals surface area contributed by atoms with Crippen molar-refractivity contribution in [1.29, 1.82) is 0 Å². The number of benzene rings is 1. The highest BCUT2D eigenvalue weighted by atomic mass is 79.9. The van der Waals surface area contributed by atoms with Crippen LogP contribution in [0.2, 0.25) is 0 Å². The Balaban J connectivity index is 2.19. The number of carbonyl (C=O) groups excluding carboxylic acids is 1. The second-order valence-corrected chi connectivity index (χ2v) is 6.06. The molecule has 1 aliphatic rings. The molecule has 1 aliphatic carbocycles. The van der Waals surface area contributed by atoms with E-state index in [-0.39, 0.29) is 21.7 Å². The number of hydrogen-bond acceptors (Lipinski definition) is 1. The van der Waals surface area contributed by atoms with Crippen LogP contribution in [0, 0.1) is 23.5 Å². The smallest absolute Gasteiger partial charge is 0.171 e. The Morgan fingerprint density at radius 3 is 2.47 bits per heavy atom. The van der Waals surface area contributed by atoms with Crippen molar-refractivity contribution in [3.05, 3.63) is 33.8 Å². The lowest BCUT2D eigenvalue weighted by Crippen LogP contribution is -2.23. The maximum Gasteiger partial charge on any atom is 0.171 e. The summed E-state index contributed by atoms with van der Waals surface area (Å²) in [5, 5.41) is 0. The van der Waals surface area contributed by atoms with Crippen molar-refractivity contribution < 1.29 is 13.6 Å². The van der Waals surface area contributed by atoms with Crippen LogP contribution < -0.4 is 0 Å². The van der Waals surface area contributed by atoms with Gasteiger partial charge in [-0.2, -0.15) is 0 Å². The maximum absolute atomic E-state index is 13.9. The van der Waals surface area contributed by atoms with Crippen LogP contribution in [-0.4, -0.2) is 5.78 Å². The van der Waals surface area contributed by atoms with Gasteiger partial charge in [0.1, 0.15) is 5.82 Å². The fourth-order valence-corrected chi connectivity index (χ4v) is 3.12. The summed E-state index contributed by atoms with van der Waals surface area (Å²) in [6.07, 6.45) is 4.54. The molecule has 1 aromatic carbocycles. The zero-order valence-electron chi connectivity index (χ0n) is 10.9. The van der Waals surface area contributed by atoms with Gasteiger partial charge in [0.25, 0.3) is 0 Å². The summed E-state index contributed by atoms with van der Waals surface area (Å²) >= 11 is 3.00. The topological polar surface area (TPSA) is 17.1 Å². The molecule has 0 N–H and O–H groups in total. The van der Waals surface area contributed by atoms with Gasteiger partial charge in [-0.05, 0) is 59.7 Å². The molecule has 1 saturated carbocycles. The molecule has 0 aliphatic heterocycles. The third-order valence-corrected chi connectivity index (χ3v) is 4.70. The summed E-state index contributed by atoms with van der Waals surface area (Å²) in [5.41, 5.74) is -0.380. The van der Waals surface area contributed by atoms with Gasteiger partial charge < -0.3 is 0 Å². The lowest BCUT2D eigenvalue weighted by atomic mass is 9.77. The van der Waals surface area contributed by atoms with Gasteiger partial charge in [-0.1, -0.05) is 13.3 Å². The highest BCUT2D eigenvalue weighted by molar-refractivity contribution is 9.10. The normalized spacial score (nSPS) is 23.4. The SMILES string of the molecule is CCC1CCC(C(=O)c2c(F)ccc(Br)c2F)CC1. The number of carbonyl (C=O) groups is 1. The van der Waals surface area contributed by atoms with Crippen LogP contribution in [0.3, 0.4) is 0 Å². The van der Waals surface area contributed by atoms with Crippen LogP contribution in [-0.2, 0) is 0 Å². The molecular formula is C15H17BrF2O. The van der Waals surface area contributed by atoms with Gasteiger partial charge in [0.15, 0.2) is 11.6 Å². The van der Waals surface area contributed by atoms with E-state index in [1.54, 1.807) is 0 Å². The quantitative estimate of drug-likeness (QED) is 0.554. The van der Waals surface area contributed by atoms with E-state index in [9.17, 15) is 13.6 Å². The van der Waals surface area contributed by atoms with Gasteiger partial charge in [-0.3, -0.25) is 4.79 Å². The van der Waals surface area contributed by atoms with Crippen molar-refractivity contribution in [3.8, 4) is 0 Å². The zero-order chi connectivity index (χ0) is 14.0. The maximum atomic E-state index is 13.9. The van der Waals surface area contributed by atoms with Gasteiger partial charge in [0.2, 0.25) is 0 Å². The Bertz CT molecular complexity index is 479. The molecule has 1 aromatic rings. The molecule has 0 spiro atoms. The van der Waals surface area contributed by atoms with Gasteiger partial charge in [0.05, 0.1) is 10.0 Å². The molecular weight excluding hydrogens is 314 g/mol. The first-order valence-electron chi connectivity index (χ1n) is 6.72. The molecule has 1 nitrogen and oxygen atoms in total. The average Bonchev–Trinajstić information content (AvgIpc) is 2.43. The minimum Gasteiger partial charge on any atom is -0.294 e. The van der Waals surface area contributed by atoms with Crippen molar-refractivity contribution in [1.82, 2.24) is 0 Å². The highest BCUT2D eigenvalue weighted by Crippen LogP contribution is 2.34. The Hall–Kier alpha value is -0.770. The van der Waals surface area contributed by atoms with E-state index in [4.69, 9.17) is 0 Å². The number of rotatable bonds is 3. The average molecular weight is 331 g/mol. The van der Waals surface area contributed by atoms with E-state index in [0.717, 1.165) is 38.2 Å². The van der Waals surface area contributed by atoms with E-state index >= 15 is 0 Å². The Morgan fingerprint density at radius 1 is 1.26 bits per heavy atom. The van der Waals surface area contributed by atoms with Gasteiger partial charge >= 0.3 is 0 Å². The number of ketones is 1. The molecule has 0 aromatic heterocycles. The van der Waals surface area contributed by atoms with Crippen molar-refractivity contribution in [2.45, 2.75) is 39.0 Å². The van der Waals surface area contributed by atoms with Crippen molar-refractivity contribution in [2.75, 3.05) is 0 Å². The Labute approximate surface area is 120 Å². The monoisotopic (exact) mass is 330 g/mol. The van der Waals surface area contributed by atoms with E-state index < -0.39 is 11.6 Å². The fourth-order valence-electron chi connectivity index (χ4n) is 2.79. The van der Waals surface area contributed by atoms with Crippen molar-refractivity contribution >= 4 is 21.7 Å². The molecule has 0 saturated heterocycles. The molecule has 104 valence electrons. The summed E-state index contributed by atoms with van der Waals surface area (Å²) in [6, 6.07) is 2.42. The summed E-state index contributed by atoms with van der Waals surface area (Å²) in [6.45, 7) is 2.14. The Morgan fingerprint density at radius 2 is 1.89 bits per heavy atom. The molecule has 2 rings (SSSR count). The molecule has 4 heteroatoms. The van der Waals surface area contributed by atoms with Crippen LogP contribution in [0.4, 0.5) is 8.78 Å². The summed E-state index contributed by atoms with van der Waals surface area (Å²) in [5.74, 6) is -1.50. The number of halogens is 3. The molecule has 19 heavy (non-hydrogen) atoms. The highest BCUT2D eigenvalue weighted by Gasteiger charge is 2.30. The molecule has 0 radical (unpaired) electrons. The summed E-state index contributed by atoms with van der Waals surface area (Å²) in [4.78, 5) is 12.3. The standard InChI is InChI=1S/C15H17BrF2O/c1-2-9-3-5-10(6-4-9)15(19)13-12(17)8-7-11(16)14(13)18/h7-10H,2-6H2,1H3. The first-order chi connectivity index (χ1) is 9.04. The van der Waals surface area contributed by atoms with Gasteiger partial charge in [0, 0.05) is 5.92 Å². The van der Waals surface area contributed by atoms with Crippen molar-refractivity contribution in [3.63, 3.8) is 0 Å². The third-order valence-electron chi connectivity index (χ3n) is 4.09. The fraction of sp³-hybridized carbons (Fsp3) is 0.533. The lowest BCUT2D eigenvalue weighted by molar-refractivity contribution is 0.0862. The predicted molar refractivity (Wildman–Crippen MR) is 74.1 cm³/mol. The number of Topliss-reactive ketones (excluding diaryl/α,β-unsaturated/α-hetero) is 1. The van der Waals surface area contributed by atoms with Crippen LogP contribution in [0.1, 0.15) is 49.4 Å². The summed E-state index contributed by atoms with van der Waals surface area (Å²) < 4.78 is 27.7. The molecule has 0 unspecified atom stereocenters. The first-order valence-corrected chi connectivity index (χ1v) is 7.51. The molecule has 0 atom stereocenters. The van der Waals surface area contributed by atoms with E-state index in [1.807, 2.05) is 0 Å². The molecule has 0 heterocycles. The third kappa shape index (κ3) is 3.04. The van der Waals surface area contributed by atoms with Crippen LogP contribution in [0.15, 0.2) is 16.6 Å². The van der Waals surface area contributed by atoms with Crippen LogP contribution in [0.5, 0.6) is 0 Å². The summed E-state index contributed by atoms with van der Waals surface area (Å²) in [7, 11) is 0. The molecule has 0 bridgehead atoms. The van der Waals surface area contributed by atoms with Crippen LogP contribution in [0.25, 0.3) is 0 Å². The minimum absolute atomic E-state index is 0.138. The number of hydrogen-bond donors (Lipinski definition) is 0. The van der Waals surface area contributed by atoms with Gasteiger partial charge in [-0.15, -0.1) is 0 Å². The molecule has 0 amide bonds. The molecule has 1 fully saturated rings. The van der Waals surface area contributed by atoms with Crippen molar-refractivity contribution in [2.24, 2.45) is 11.8 Å². The van der Waals surface area contributed by atoms with Crippen LogP contribution >= 0.6 is 15.9 Å². The second kappa shape index (κ2) is 6.12. The largest absolute Gasteiger partial charge is 0.294 e. The minimum atomic E-state index is -0.775. The van der Waals surface area contributed by atoms with E-state index in [0.29, 0.717) is 5.92 Å². The lowest BCUT2D eigenvalue weighted by Gasteiger charge is -2.27. The van der Waals surface area contributed by atoms with Gasteiger partial charge in [-0.25, -0.2) is 8.78 Å². The Kier molecular flexibility index (Phi) is 4.71. The second-order valence-electron chi connectivity index (χ2n) is 5.21.